The van der Waals surface area contributed by atoms with E-state index in [-0.39, 0.29) is 11.5 Å². The molecule has 3 N–H and O–H groups in total. The second-order valence-electron chi connectivity index (χ2n) is 9.17. The van der Waals surface area contributed by atoms with Crippen molar-refractivity contribution in [3.8, 4) is 0 Å². The van der Waals surface area contributed by atoms with E-state index in [1.54, 1.807) is 24.4 Å². The van der Waals surface area contributed by atoms with E-state index in [1.165, 1.54) is 31.2 Å². The third-order valence-corrected chi connectivity index (χ3v) is 6.14. The number of rotatable bonds is 6. The van der Waals surface area contributed by atoms with Crippen molar-refractivity contribution in [2.75, 3.05) is 5.32 Å². The van der Waals surface area contributed by atoms with Gasteiger partial charge in [0.1, 0.15) is 11.5 Å². The molecule has 1 aliphatic rings. The molecule has 0 atom stereocenters. The van der Waals surface area contributed by atoms with E-state index >= 15 is 0 Å². The van der Waals surface area contributed by atoms with Crippen LogP contribution in [0.4, 0.5) is 5.69 Å². The van der Waals surface area contributed by atoms with Crippen LogP contribution < -0.4 is 5.32 Å². The number of benzene rings is 2. The van der Waals surface area contributed by atoms with E-state index < -0.39 is 0 Å². The van der Waals surface area contributed by atoms with Crippen LogP contribution in [0.1, 0.15) is 78.1 Å². The van der Waals surface area contributed by atoms with Gasteiger partial charge in [0.15, 0.2) is 6.29 Å². The number of aliphatic hydroxyl groups is 2. The Morgan fingerprint density at radius 2 is 1.72 bits per heavy atom. The summed E-state index contributed by atoms with van der Waals surface area (Å²) >= 11 is 0. The van der Waals surface area contributed by atoms with Crippen molar-refractivity contribution >= 4 is 23.5 Å². The number of anilines is 1. The first kappa shape index (κ1) is 25.0. The van der Waals surface area contributed by atoms with Gasteiger partial charge in [0.25, 0.3) is 0 Å². The zero-order valence-electron chi connectivity index (χ0n) is 19.4. The fourth-order valence-electron chi connectivity index (χ4n) is 4.07. The fraction of sp³-hybridized carbons (Fsp3) is 0.321. The molecule has 0 spiro atoms. The Bertz CT molecular complexity index is 994. The Labute approximate surface area is 192 Å². The summed E-state index contributed by atoms with van der Waals surface area (Å²) in [5, 5.41) is 21.3. The highest BCUT2D eigenvalue weighted by molar-refractivity contribution is 5.84. The summed E-state index contributed by atoms with van der Waals surface area (Å²) < 4.78 is 0. The summed E-state index contributed by atoms with van der Waals surface area (Å²) in [6.45, 7) is 17.0. The molecule has 0 unspecified atom stereocenters. The van der Waals surface area contributed by atoms with Gasteiger partial charge in [-0.2, -0.15) is 0 Å². The van der Waals surface area contributed by atoms with E-state index in [4.69, 9.17) is 10.2 Å². The lowest BCUT2D eigenvalue weighted by Gasteiger charge is -2.34. The molecule has 0 amide bonds. The van der Waals surface area contributed by atoms with Crippen molar-refractivity contribution in [3.05, 3.63) is 90.2 Å². The predicted molar refractivity (Wildman–Crippen MR) is 135 cm³/mol. The van der Waals surface area contributed by atoms with Gasteiger partial charge in [0, 0.05) is 22.4 Å². The number of aliphatic hydroxyl groups excluding tert-OH is 2. The molecule has 0 heterocycles. The molecular formula is C28H35NO3. The van der Waals surface area contributed by atoms with Crippen LogP contribution in [-0.2, 0) is 0 Å². The SMILES string of the molecule is C=C(O)c1ccc(C(=C)O)c(C)c1.C=CNc1cc(C2CCC(C)(C)CC2)ccc1C=O. The van der Waals surface area contributed by atoms with Gasteiger partial charge in [-0.3, -0.25) is 4.79 Å². The largest absolute Gasteiger partial charge is 0.508 e. The van der Waals surface area contributed by atoms with E-state index in [9.17, 15) is 4.79 Å². The third-order valence-electron chi connectivity index (χ3n) is 6.14. The number of carbonyl (C=O) groups is 1. The number of hydrogen-bond donors (Lipinski definition) is 3. The van der Waals surface area contributed by atoms with Crippen molar-refractivity contribution in [3.63, 3.8) is 0 Å². The molecule has 4 nitrogen and oxygen atoms in total. The molecule has 4 heteroatoms. The van der Waals surface area contributed by atoms with Crippen LogP contribution in [0.25, 0.3) is 11.5 Å². The molecule has 0 saturated heterocycles. The van der Waals surface area contributed by atoms with Crippen molar-refractivity contribution < 1.29 is 15.0 Å². The first-order valence-corrected chi connectivity index (χ1v) is 10.9. The average molecular weight is 434 g/mol. The van der Waals surface area contributed by atoms with Gasteiger partial charge in [-0.15, -0.1) is 0 Å². The minimum Gasteiger partial charge on any atom is -0.508 e. The zero-order chi connectivity index (χ0) is 23.9. The molecule has 0 radical (unpaired) electrons. The maximum atomic E-state index is 11.0. The van der Waals surface area contributed by atoms with Gasteiger partial charge in [-0.05, 0) is 79.5 Å². The normalized spacial score (nSPS) is 15.1. The van der Waals surface area contributed by atoms with Crippen molar-refractivity contribution in [1.82, 2.24) is 0 Å². The quantitative estimate of drug-likeness (QED) is 0.321. The highest BCUT2D eigenvalue weighted by Crippen LogP contribution is 2.42. The second kappa shape index (κ2) is 10.9. The van der Waals surface area contributed by atoms with Crippen molar-refractivity contribution in [2.45, 2.75) is 52.4 Å². The van der Waals surface area contributed by atoms with Crippen LogP contribution in [0.15, 0.2) is 62.3 Å². The monoisotopic (exact) mass is 433 g/mol. The third kappa shape index (κ3) is 6.61. The van der Waals surface area contributed by atoms with Crippen LogP contribution in [0.5, 0.6) is 0 Å². The van der Waals surface area contributed by atoms with Gasteiger partial charge in [0.05, 0.1) is 0 Å². The fourth-order valence-corrected chi connectivity index (χ4v) is 4.07. The van der Waals surface area contributed by atoms with Crippen LogP contribution in [0, 0.1) is 12.3 Å². The average Bonchev–Trinajstić information content (AvgIpc) is 2.74. The summed E-state index contributed by atoms with van der Waals surface area (Å²) in [7, 11) is 0. The number of hydrogen-bond acceptors (Lipinski definition) is 4. The molecule has 1 fully saturated rings. The van der Waals surface area contributed by atoms with E-state index in [2.05, 4.69) is 51.0 Å². The summed E-state index contributed by atoms with van der Waals surface area (Å²) in [5.41, 5.74) is 5.59. The minimum atomic E-state index is 0.0261. The first-order valence-electron chi connectivity index (χ1n) is 10.9. The Kier molecular flexibility index (Phi) is 8.48. The van der Waals surface area contributed by atoms with Gasteiger partial charge in [-0.25, -0.2) is 0 Å². The maximum Gasteiger partial charge on any atom is 0.152 e. The van der Waals surface area contributed by atoms with Crippen LogP contribution in [0.3, 0.4) is 0 Å². The molecule has 0 aliphatic heterocycles. The molecule has 0 bridgehead atoms. The molecule has 2 aromatic carbocycles. The van der Waals surface area contributed by atoms with Crippen LogP contribution in [-0.4, -0.2) is 16.5 Å². The minimum absolute atomic E-state index is 0.0261. The molecule has 2 aromatic rings. The lowest BCUT2D eigenvalue weighted by atomic mass is 9.71. The molecule has 1 aliphatic carbocycles. The molecule has 3 rings (SSSR count). The maximum absolute atomic E-state index is 11.0. The summed E-state index contributed by atoms with van der Waals surface area (Å²) in [6.07, 6.45) is 7.53. The zero-order valence-corrected chi connectivity index (χ0v) is 19.4. The standard InChI is InChI=1S/C17H23NO.C11H12O2/c1-4-18-16-11-14(5-6-15(16)12-19)13-7-9-17(2,3)10-8-13;1-7-6-10(8(2)12)4-5-11(7)9(3)13/h4-6,11-13,18H,1,7-10H2,2-3H3;4-6,12-13H,2-3H2,1H3. The number of nitrogens with one attached hydrogen (secondary N) is 1. The topological polar surface area (TPSA) is 69.6 Å². The smallest absolute Gasteiger partial charge is 0.152 e. The first-order chi connectivity index (χ1) is 15.1. The molecule has 0 aromatic heterocycles. The Morgan fingerprint density at radius 3 is 2.22 bits per heavy atom. The summed E-state index contributed by atoms with van der Waals surface area (Å²) in [4.78, 5) is 11.0. The number of carbonyl (C=O) groups excluding carboxylic acids is 1. The van der Waals surface area contributed by atoms with Gasteiger partial charge >= 0.3 is 0 Å². The van der Waals surface area contributed by atoms with Gasteiger partial charge in [0.2, 0.25) is 0 Å². The van der Waals surface area contributed by atoms with Crippen LogP contribution >= 0.6 is 0 Å². The van der Waals surface area contributed by atoms with E-state index in [0.29, 0.717) is 28.0 Å². The van der Waals surface area contributed by atoms with Crippen molar-refractivity contribution in [1.29, 1.82) is 0 Å². The Morgan fingerprint density at radius 1 is 1.06 bits per heavy atom. The Hall–Kier alpha value is -3.27. The number of aryl methyl sites for hydroxylation is 1. The van der Waals surface area contributed by atoms with Crippen molar-refractivity contribution in [2.24, 2.45) is 5.41 Å². The molecule has 1 saturated carbocycles. The number of aldehydes is 1. The summed E-state index contributed by atoms with van der Waals surface area (Å²) in [5.74, 6) is 0.685. The predicted octanol–water partition coefficient (Wildman–Crippen LogP) is 7.79. The highest BCUT2D eigenvalue weighted by atomic mass is 16.3. The van der Waals surface area contributed by atoms with Gasteiger partial charge in [-0.1, -0.05) is 51.8 Å². The highest BCUT2D eigenvalue weighted by Gasteiger charge is 2.27. The van der Waals surface area contributed by atoms with E-state index in [1.807, 2.05) is 13.0 Å². The van der Waals surface area contributed by atoms with E-state index in [0.717, 1.165) is 17.5 Å². The molecule has 32 heavy (non-hydrogen) atoms. The molecular weight excluding hydrogens is 398 g/mol. The lowest BCUT2D eigenvalue weighted by Crippen LogP contribution is -2.20. The Balaban J connectivity index is 0.000000244. The second-order valence-corrected chi connectivity index (χ2v) is 9.17. The van der Waals surface area contributed by atoms with Crippen LogP contribution in [0.2, 0.25) is 0 Å². The molecule has 170 valence electrons. The summed E-state index contributed by atoms with van der Waals surface area (Å²) in [6, 6.07) is 11.3. The lowest BCUT2D eigenvalue weighted by molar-refractivity contribution is 0.112. The van der Waals surface area contributed by atoms with Gasteiger partial charge < -0.3 is 15.5 Å².